The van der Waals surface area contributed by atoms with Crippen molar-refractivity contribution in [1.29, 1.82) is 0 Å². The Kier molecular flexibility index (Phi) is 30.8. The number of carboxylic acid groups (broad SMARTS) is 2. The third-order valence-electron chi connectivity index (χ3n) is 6.17. The standard InChI is InChI=1S/C18H36O2.C6H16N2.C3H6O3/c1-2-3-4-5-6-7-8-9-10-11-12-13-14-15-16-17-18(19)20;1-3-6(8,4-2)5-7;1-2(4)3(5)6/h2-17H2,1H3,(H,19,20);3-5,7-8H2,1-2H3;2,4H,1H3,(H,5,6). The van der Waals surface area contributed by atoms with Crippen LogP contribution in [0.3, 0.4) is 0 Å². The summed E-state index contributed by atoms with van der Waals surface area (Å²) in [4.78, 5) is 19.8. The molecule has 0 aromatic carbocycles. The van der Waals surface area contributed by atoms with Crippen LogP contribution < -0.4 is 11.5 Å². The molecule has 0 saturated heterocycles. The highest BCUT2D eigenvalue weighted by Crippen LogP contribution is 2.13. The first-order valence-electron chi connectivity index (χ1n) is 13.7. The molecule has 1 unspecified atom stereocenters. The van der Waals surface area contributed by atoms with Gasteiger partial charge in [0.1, 0.15) is 6.10 Å². The molecule has 206 valence electrons. The number of rotatable bonds is 20. The Morgan fingerprint density at radius 3 is 1.18 bits per heavy atom. The quantitative estimate of drug-likeness (QED) is 0.127. The lowest BCUT2D eigenvalue weighted by Crippen LogP contribution is -2.45. The van der Waals surface area contributed by atoms with Crippen LogP contribution in [-0.4, -0.2) is 45.4 Å². The lowest BCUT2D eigenvalue weighted by atomic mass is 9.95. The van der Waals surface area contributed by atoms with Crippen molar-refractivity contribution >= 4 is 11.9 Å². The van der Waals surface area contributed by atoms with Gasteiger partial charge in [0, 0.05) is 18.5 Å². The minimum Gasteiger partial charge on any atom is -0.481 e. The van der Waals surface area contributed by atoms with E-state index in [0.29, 0.717) is 13.0 Å². The maximum Gasteiger partial charge on any atom is 0.332 e. The summed E-state index contributed by atoms with van der Waals surface area (Å²) in [7, 11) is 0. The van der Waals surface area contributed by atoms with Gasteiger partial charge in [0.25, 0.3) is 0 Å². The van der Waals surface area contributed by atoms with Crippen LogP contribution in [0.4, 0.5) is 0 Å². The Hall–Kier alpha value is -1.18. The maximum absolute atomic E-state index is 10.3. The molecule has 0 bridgehead atoms. The minimum absolute atomic E-state index is 0.0972. The SMILES string of the molecule is CC(O)C(=O)O.CCC(N)(CC)CN.CCCCCCCCCCCCCCCCCC(=O)O. The Bertz CT molecular complexity index is 432. The maximum atomic E-state index is 10.3. The van der Waals surface area contributed by atoms with Crippen LogP contribution in [0.15, 0.2) is 0 Å². The molecule has 0 fully saturated rings. The number of aliphatic hydroxyl groups is 1. The fourth-order valence-electron chi connectivity index (χ4n) is 3.19. The van der Waals surface area contributed by atoms with Crippen molar-refractivity contribution < 1.29 is 24.9 Å². The minimum atomic E-state index is -1.23. The lowest BCUT2D eigenvalue weighted by molar-refractivity contribution is -0.145. The number of hydrogen-bond donors (Lipinski definition) is 5. The highest BCUT2D eigenvalue weighted by atomic mass is 16.4. The molecular weight excluding hydrogens is 432 g/mol. The van der Waals surface area contributed by atoms with E-state index in [1.165, 1.54) is 90.4 Å². The molecule has 1 atom stereocenters. The van der Waals surface area contributed by atoms with E-state index in [-0.39, 0.29) is 5.54 Å². The van der Waals surface area contributed by atoms with E-state index in [9.17, 15) is 9.59 Å². The first-order chi connectivity index (χ1) is 16.1. The van der Waals surface area contributed by atoms with Crippen molar-refractivity contribution in [2.75, 3.05) is 6.54 Å². The molecule has 0 aromatic heterocycles. The zero-order valence-electron chi connectivity index (χ0n) is 22.8. The Morgan fingerprint density at radius 2 is 1.00 bits per heavy atom. The van der Waals surface area contributed by atoms with Crippen LogP contribution >= 0.6 is 0 Å². The van der Waals surface area contributed by atoms with Gasteiger partial charge >= 0.3 is 11.9 Å². The summed E-state index contributed by atoms with van der Waals surface area (Å²) in [6, 6.07) is 0. The molecule has 0 saturated carbocycles. The molecule has 0 rings (SSSR count). The highest BCUT2D eigenvalue weighted by Gasteiger charge is 2.16. The predicted octanol–water partition coefficient (Wildman–Crippen LogP) is 6.25. The van der Waals surface area contributed by atoms with Crippen LogP contribution in [-0.2, 0) is 9.59 Å². The average molecular weight is 491 g/mol. The second kappa shape index (κ2) is 28.1. The van der Waals surface area contributed by atoms with Crippen LogP contribution in [0, 0.1) is 0 Å². The topological polar surface area (TPSA) is 147 Å². The zero-order chi connectivity index (χ0) is 26.7. The molecule has 34 heavy (non-hydrogen) atoms. The summed E-state index contributed by atoms with van der Waals surface area (Å²) in [5.74, 6) is -1.84. The third-order valence-corrected chi connectivity index (χ3v) is 6.17. The van der Waals surface area contributed by atoms with E-state index in [1.807, 2.05) is 0 Å². The monoisotopic (exact) mass is 490 g/mol. The molecule has 7 nitrogen and oxygen atoms in total. The van der Waals surface area contributed by atoms with Gasteiger partial charge in [0.05, 0.1) is 0 Å². The summed E-state index contributed by atoms with van der Waals surface area (Å²) >= 11 is 0. The van der Waals surface area contributed by atoms with E-state index in [1.54, 1.807) is 0 Å². The Balaban J connectivity index is -0.000000560. The van der Waals surface area contributed by atoms with Crippen molar-refractivity contribution in [1.82, 2.24) is 0 Å². The molecule has 0 heterocycles. The second-order valence-corrected chi connectivity index (χ2v) is 9.38. The van der Waals surface area contributed by atoms with Crippen LogP contribution in [0.2, 0.25) is 0 Å². The van der Waals surface area contributed by atoms with Crippen molar-refractivity contribution in [3.63, 3.8) is 0 Å². The Morgan fingerprint density at radius 1 is 0.706 bits per heavy atom. The van der Waals surface area contributed by atoms with Gasteiger partial charge in [-0.25, -0.2) is 4.79 Å². The van der Waals surface area contributed by atoms with Crippen molar-refractivity contribution in [2.45, 2.75) is 155 Å². The summed E-state index contributed by atoms with van der Waals surface area (Å²) in [5, 5.41) is 24.3. The first-order valence-corrected chi connectivity index (χ1v) is 13.7. The molecule has 7 N–H and O–H groups in total. The van der Waals surface area contributed by atoms with Gasteiger partial charge in [-0.3, -0.25) is 4.79 Å². The van der Waals surface area contributed by atoms with Gasteiger partial charge in [0.2, 0.25) is 0 Å². The van der Waals surface area contributed by atoms with Gasteiger partial charge in [-0.05, 0) is 26.2 Å². The number of carboxylic acids is 2. The number of hydrogen-bond acceptors (Lipinski definition) is 5. The zero-order valence-corrected chi connectivity index (χ0v) is 22.8. The fraction of sp³-hybridized carbons (Fsp3) is 0.926. The summed E-state index contributed by atoms with van der Waals surface area (Å²) in [6.45, 7) is 8.20. The smallest absolute Gasteiger partial charge is 0.332 e. The van der Waals surface area contributed by atoms with Gasteiger partial charge in [-0.15, -0.1) is 0 Å². The number of nitrogens with two attached hydrogens (primary N) is 2. The third kappa shape index (κ3) is 33.0. The average Bonchev–Trinajstić information content (AvgIpc) is 2.81. The van der Waals surface area contributed by atoms with Crippen LogP contribution in [0.1, 0.15) is 143 Å². The summed E-state index contributed by atoms with van der Waals surface area (Å²) in [5.41, 5.74) is 11.1. The normalized spacial score (nSPS) is 11.6. The van der Waals surface area contributed by atoms with Gasteiger partial charge in [-0.2, -0.15) is 0 Å². The number of carbonyl (C=O) groups is 2. The first kappa shape index (κ1) is 37.4. The Labute approximate surface area is 210 Å². The lowest BCUT2D eigenvalue weighted by Gasteiger charge is -2.23. The van der Waals surface area contributed by atoms with Crippen molar-refractivity contribution in [2.24, 2.45) is 11.5 Å². The van der Waals surface area contributed by atoms with E-state index >= 15 is 0 Å². The molecule has 0 spiro atoms. The molecule has 0 radical (unpaired) electrons. The molecule has 0 aromatic rings. The van der Waals surface area contributed by atoms with E-state index in [2.05, 4.69) is 20.8 Å². The summed E-state index contributed by atoms with van der Waals surface area (Å²) in [6.07, 6.45) is 20.9. The predicted molar refractivity (Wildman–Crippen MR) is 143 cm³/mol. The molecule has 7 heteroatoms. The highest BCUT2D eigenvalue weighted by molar-refractivity contribution is 5.71. The van der Waals surface area contributed by atoms with Gasteiger partial charge in [0.15, 0.2) is 0 Å². The fourth-order valence-corrected chi connectivity index (χ4v) is 3.19. The number of aliphatic carboxylic acids is 2. The van der Waals surface area contributed by atoms with Crippen LogP contribution in [0.5, 0.6) is 0 Å². The summed E-state index contributed by atoms with van der Waals surface area (Å²) < 4.78 is 0. The second-order valence-electron chi connectivity index (χ2n) is 9.38. The molecular formula is C27H58N2O5. The number of unbranched alkanes of at least 4 members (excludes halogenated alkanes) is 14. The largest absolute Gasteiger partial charge is 0.481 e. The molecule has 0 aliphatic rings. The van der Waals surface area contributed by atoms with E-state index in [0.717, 1.165) is 25.7 Å². The van der Waals surface area contributed by atoms with Crippen molar-refractivity contribution in [3.05, 3.63) is 0 Å². The van der Waals surface area contributed by atoms with Crippen LogP contribution in [0.25, 0.3) is 0 Å². The van der Waals surface area contributed by atoms with E-state index < -0.39 is 18.0 Å². The molecule has 0 aliphatic carbocycles. The van der Waals surface area contributed by atoms with Crippen molar-refractivity contribution in [3.8, 4) is 0 Å². The van der Waals surface area contributed by atoms with Gasteiger partial charge in [-0.1, -0.05) is 111 Å². The molecule has 0 amide bonds. The number of aliphatic hydroxyl groups excluding tert-OH is 1. The molecule has 0 aliphatic heterocycles. The van der Waals surface area contributed by atoms with E-state index in [4.69, 9.17) is 26.8 Å². The van der Waals surface area contributed by atoms with Gasteiger partial charge < -0.3 is 26.8 Å².